The standard InChI is InChI=1S/C68H87ClN4O16/c1-45-17-14-24-57(82-9)68(81)41-56(87-63(79)42-68)47(3)65-67(5,89-65)58(40-61(77)72(8)55-39-49(37-45)38-46(2)64(55)69)88-66(80)48(4)71(7)60(76)25-15-21-53(74)22-16-29-83-31-33-85-35-36-86-34-32-84-30-28-59(75)70(6)44-62(78)73-43-52-20-11-10-18-50(52)26-27-51-19-12-13-23-54(51)73/h10-14,17-20,23-24,38-39,47-48,56-58,65,81H,15-16,21-22,25,28-37,40-44H2,1-9H3/b24-14+,45-17+/t47-,48+,56+,57-,58+,65+,67+,68-/m1/s1. The number of aliphatic hydroxyl groups is 1. The van der Waals surface area contributed by atoms with Gasteiger partial charge in [-0.15, -0.1) is 0 Å². The zero-order valence-corrected chi connectivity index (χ0v) is 53.6. The Labute approximate surface area is 528 Å². The third kappa shape index (κ3) is 19.1. The number of carbonyl (C=O) groups excluding carboxylic acids is 7. The van der Waals surface area contributed by atoms with E-state index in [1.807, 2.05) is 87.5 Å². The highest BCUT2D eigenvalue weighted by Crippen LogP contribution is 2.50. The monoisotopic (exact) mass is 1250 g/mol. The molecule has 2 saturated heterocycles. The van der Waals surface area contributed by atoms with Gasteiger partial charge in [0.15, 0.2) is 0 Å². The maximum Gasteiger partial charge on any atom is 0.328 e. The summed E-state index contributed by atoms with van der Waals surface area (Å²) in [7, 11) is 6.16. The van der Waals surface area contributed by atoms with Crippen molar-refractivity contribution in [2.45, 2.75) is 147 Å². The number of anilines is 2. The number of likely N-dealkylation sites (N-methyl/N-ethyl adjacent to an activating group) is 2. The van der Waals surface area contributed by atoms with Crippen molar-refractivity contribution in [3.05, 3.63) is 117 Å². The molecule has 7 rings (SSSR count). The Morgan fingerprint density at radius 2 is 1.47 bits per heavy atom. The van der Waals surface area contributed by atoms with Gasteiger partial charge in [-0.05, 0) is 87.9 Å². The van der Waals surface area contributed by atoms with Crippen LogP contribution in [-0.2, 0) is 84.4 Å². The van der Waals surface area contributed by atoms with Crippen LogP contribution in [0.3, 0.4) is 0 Å². The van der Waals surface area contributed by atoms with Crippen LogP contribution in [-0.4, -0.2) is 186 Å². The average Bonchev–Trinajstić information content (AvgIpc) is 1.60. The number of halogens is 1. The second kappa shape index (κ2) is 32.8. The lowest BCUT2D eigenvalue weighted by atomic mass is 9.78. The molecule has 482 valence electrons. The summed E-state index contributed by atoms with van der Waals surface area (Å²) in [4.78, 5) is 100. The van der Waals surface area contributed by atoms with E-state index in [-0.39, 0.29) is 94.6 Å². The van der Waals surface area contributed by atoms with Crippen LogP contribution in [0.2, 0.25) is 5.02 Å². The van der Waals surface area contributed by atoms with Gasteiger partial charge in [-0.25, -0.2) is 4.79 Å². The fourth-order valence-electron chi connectivity index (χ4n) is 11.3. The maximum atomic E-state index is 14.3. The van der Waals surface area contributed by atoms with Crippen LogP contribution < -0.4 is 9.80 Å². The van der Waals surface area contributed by atoms with Crippen molar-refractivity contribution >= 4 is 64.3 Å². The molecule has 2 fully saturated rings. The fraction of sp³-hybridized carbons (Fsp3) is 0.544. The summed E-state index contributed by atoms with van der Waals surface area (Å²) < 4.78 is 46.5. The van der Waals surface area contributed by atoms with Gasteiger partial charge < -0.3 is 62.6 Å². The molecular weight excluding hydrogens is 1160 g/mol. The molecule has 21 heteroatoms. The number of hydrogen-bond acceptors (Lipinski definition) is 16. The molecule has 8 atom stereocenters. The van der Waals surface area contributed by atoms with Crippen LogP contribution in [0.5, 0.6) is 0 Å². The summed E-state index contributed by atoms with van der Waals surface area (Å²) in [6, 6.07) is 17.9. The zero-order valence-electron chi connectivity index (χ0n) is 52.8. The molecule has 4 amide bonds. The number of epoxide rings is 1. The Morgan fingerprint density at radius 1 is 0.831 bits per heavy atom. The first-order chi connectivity index (χ1) is 42.5. The molecule has 20 nitrogen and oxygen atoms in total. The predicted octanol–water partition coefficient (Wildman–Crippen LogP) is 7.45. The summed E-state index contributed by atoms with van der Waals surface area (Å²) in [5.74, 6) is 3.23. The van der Waals surface area contributed by atoms with E-state index >= 15 is 0 Å². The average molecular weight is 1250 g/mol. The minimum Gasteiger partial charge on any atom is -0.462 e. The number of carbonyl (C=O) groups is 7. The highest BCUT2D eigenvalue weighted by molar-refractivity contribution is 6.34. The molecule has 0 unspecified atom stereocenters. The van der Waals surface area contributed by atoms with Crippen molar-refractivity contribution in [1.82, 2.24) is 9.80 Å². The quantitative estimate of drug-likeness (QED) is 0.0356. The van der Waals surface area contributed by atoms with E-state index in [0.717, 1.165) is 33.4 Å². The van der Waals surface area contributed by atoms with Crippen molar-refractivity contribution in [3.63, 3.8) is 0 Å². The fourth-order valence-corrected chi connectivity index (χ4v) is 11.6. The predicted molar refractivity (Wildman–Crippen MR) is 334 cm³/mol. The van der Waals surface area contributed by atoms with Gasteiger partial charge in [-0.1, -0.05) is 90.6 Å². The van der Waals surface area contributed by atoms with E-state index in [4.69, 9.17) is 49.5 Å². The van der Waals surface area contributed by atoms with E-state index in [9.17, 15) is 38.7 Å². The SMILES string of the molecule is CO[C@@H]1/C=C/C=C(\C)Cc2cc(C)c(Cl)c(c2)N(C)C(=O)C[C@H](OC(=O)[C@H](C)N(C)C(=O)CCCC(=O)CCCOCCOCCOCCOCCC(=O)N(C)CC(=O)N2Cc3ccccc3C#Cc3ccccc32)[C@]2(C)O[C@H]2[C@H](C)[C@@H]2C[C@@]1(O)CC(=O)O2. The number of aryl methyl sites for hydroxylation is 1. The van der Waals surface area contributed by atoms with Crippen LogP contribution >= 0.6 is 11.6 Å². The third-order valence-electron chi connectivity index (χ3n) is 16.9. The van der Waals surface area contributed by atoms with Crippen LogP contribution in [0.15, 0.2) is 84.5 Å². The minimum absolute atomic E-state index is 0.00525. The molecule has 0 radical (unpaired) electrons. The van der Waals surface area contributed by atoms with Crippen molar-refractivity contribution in [2.24, 2.45) is 5.92 Å². The molecule has 89 heavy (non-hydrogen) atoms. The first kappa shape index (κ1) is 69.7. The number of rotatable bonds is 26. The molecule has 0 spiro atoms. The maximum absolute atomic E-state index is 14.3. The van der Waals surface area contributed by atoms with E-state index in [2.05, 4.69) is 11.8 Å². The number of Topliss-reactive ketones (excluding diaryl/α,β-unsaturated/α-hetero) is 1. The normalized spacial score (nSPS) is 23.7. The van der Waals surface area contributed by atoms with Gasteiger partial charge in [-0.3, -0.25) is 28.8 Å². The molecule has 0 aliphatic carbocycles. The van der Waals surface area contributed by atoms with E-state index in [0.29, 0.717) is 75.4 Å². The van der Waals surface area contributed by atoms with Crippen LogP contribution in [0.1, 0.15) is 113 Å². The number of methoxy groups -OCH3 is 1. The lowest BCUT2D eigenvalue weighted by Gasteiger charge is -2.41. The Balaban J connectivity index is 0.766. The molecule has 1 N–H and O–H groups in total. The highest BCUT2D eigenvalue weighted by atomic mass is 35.5. The van der Waals surface area contributed by atoms with Gasteiger partial charge in [0.25, 0.3) is 0 Å². The molecule has 0 aromatic heterocycles. The number of hydrogen-bond donors (Lipinski definition) is 1. The molecule has 3 aromatic carbocycles. The lowest BCUT2D eigenvalue weighted by Crippen LogP contribution is -2.53. The summed E-state index contributed by atoms with van der Waals surface area (Å²) in [6.07, 6.45) is 3.13. The molecular formula is C68H87ClN4O16. The number of fused-ring (bicyclic) bond motifs is 7. The Kier molecular flexibility index (Phi) is 25.7. The summed E-state index contributed by atoms with van der Waals surface area (Å²) in [5.41, 5.74) is 3.48. The number of ketones is 1. The zero-order chi connectivity index (χ0) is 64.4. The van der Waals surface area contributed by atoms with Crippen LogP contribution in [0.4, 0.5) is 11.4 Å². The van der Waals surface area contributed by atoms with Gasteiger partial charge in [0, 0.05) is 77.6 Å². The molecule has 3 aromatic rings. The molecule has 4 aliphatic rings. The van der Waals surface area contributed by atoms with Gasteiger partial charge in [0.2, 0.25) is 23.6 Å². The first-order valence-corrected chi connectivity index (χ1v) is 30.9. The molecule has 0 saturated carbocycles. The number of allylic oxidation sites excluding steroid dienone is 3. The number of ether oxygens (including phenoxy) is 8. The van der Waals surface area contributed by atoms with Gasteiger partial charge >= 0.3 is 11.9 Å². The smallest absolute Gasteiger partial charge is 0.328 e. The molecule has 4 heterocycles. The Bertz CT molecular complexity index is 3140. The Morgan fingerprint density at radius 3 is 2.18 bits per heavy atom. The first-order valence-electron chi connectivity index (χ1n) is 30.6. The van der Waals surface area contributed by atoms with Crippen LogP contribution in [0, 0.1) is 24.7 Å². The van der Waals surface area contributed by atoms with Crippen molar-refractivity contribution in [3.8, 4) is 11.8 Å². The highest BCUT2D eigenvalue weighted by Gasteiger charge is 2.64. The van der Waals surface area contributed by atoms with Crippen molar-refractivity contribution < 1.29 is 76.6 Å². The third-order valence-corrected chi connectivity index (χ3v) is 17.4. The number of para-hydroxylation sites is 1. The van der Waals surface area contributed by atoms with E-state index < -0.39 is 65.4 Å². The lowest BCUT2D eigenvalue weighted by molar-refractivity contribution is -0.187. The minimum atomic E-state index is -1.61. The van der Waals surface area contributed by atoms with E-state index in [1.54, 1.807) is 38.1 Å². The van der Waals surface area contributed by atoms with Crippen molar-refractivity contribution in [1.29, 1.82) is 0 Å². The number of amides is 4. The van der Waals surface area contributed by atoms with Crippen LogP contribution in [0.25, 0.3) is 0 Å². The molecule has 4 aliphatic heterocycles. The summed E-state index contributed by atoms with van der Waals surface area (Å²) in [6.45, 7) is 11.6. The number of benzene rings is 3. The number of esters is 2. The van der Waals surface area contributed by atoms with Gasteiger partial charge in [0.1, 0.15) is 41.3 Å². The van der Waals surface area contributed by atoms with E-state index in [1.165, 1.54) is 35.8 Å². The molecule has 4 bridgehead atoms. The van der Waals surface area contributed by atoms with Crippen molar-refractivity contribution in [2.75, 3.05) is 97.5 Å². The van der Waals surface area contributed by atoms with Gasteiger partial charge in [0.05, 0.1) is 101 Å². The summed E-state index contributed by atoms with van der Waals surface area (Å²) in [5, 5.41) is 12.3. The second-order valence-electron chi connectivity index (χ2n) is 23.7. The van der Waals surface area contributed by atoms with Gasteiger partial charge in [-0.2, -0.15) is 0 Å². The Hall–Kier alpha value is -6.80. The largest absolute Gasteiger partial charge is 0.462 e. The topological polar surface area (TPSA) is 230 Å². The number of nitrogens with zero attached hydrogens (tertiary/aromatic N) is 4. The second-order valence-corrected chi connectivity index (χ2v) is 24.1. The summed E-state index contributed by atoms with van der Waals surface area (Å²) >= 11 is 6.84.